The molecule has 0 aliphatic rings. The van der Waals surface area contributed by atoms with Gasteiger partial charge in [-0.25, -0.2) is 0 Å². The van der Waals surface area contributed by atoms with E-state index in [1.54, 1.807) is 0 Å². The zero-order chi connectivity index (χ0) is 32.3. The normalized spacial score (nSPS) is 11.7. The van der Waals surface area contributed by atoms with Crippen LogP contribution in [0.1, 0.15) is 0 Å². The summed E-state index contributed by atoms with van der Waals surface area (Å²) in [6, 6.07) is 62.1. The minimum Gasteiger partial charge on any atom is -0.456 e. The maximum Gasteiger partial charge on any atom is 0.159 e. The van der Waals surface area contributed by atoms with Crippen molar-refractivity contribution >= 4 is 71.7 Å². The second-order valence-electron chi connectivity index (χ2n) is 12.5. The highest BCUT2D eigenvalue weighted by atomic mass is 16.3. The molecular weight excluding hydrogens is 599 g/mol. The number of hydrogen-bond acceptors (Lipinski definition) is 3. The lowest BCUT2D eigenvalue weighted by Crippen LogP contribution is -2.11. The van der Waals surface area contributed by atoms with Crippen molar-refractivity contribution in [2.24, 2.45) is 0 Å². The molecule has 0 aliphatic carbocycles. The summed E-state index contributed by atoms with van der Waals surface area (Å²) in [6.07, 6.45) is 0. The third-order valence-corrected chi connectivity index (χ3v) is 9.67. The smallest absolute Gasteiger partial charge is 0.159 e. The summed E-state index contributed by atoms with van der Waals surface area (Å²) in [5.74, 6) is 0. The fourth-order valence-corrected chi connectivity index (χ4v) is 7.29. The molecule has 2 aromatic heterocycles. The average Bonchev–Trinajstić information content (AvgIpc) is 3.74. The Morgan fingerprint density at radius 2 is 0.959 bits per heavy atom. The summed E-state index contributed by atoms with van der Waals surface area (Å²) in [4.78, 5) is 2.33. The van der Waals surface area contributed by atoms with Crippen LogP contribution in [-0.2, 0) is 0 Å². The Hall–Kier alpha value is -6.58. The second-order valence-corrected chi connectivity index (χ2v) is 12.5. The molecule has 10 aromatic rings. The largest absolute Gasteiger partial charge is 0.456 e. The van der Waals surface area contributed by atoms with E-state index in [9.17, 15) is 0 Å². The van der Waals surface area contributed by atoms with Gasteiger partial charge < -0.3 is 13.7 Å². The van der Waals surface area contributed by atoms with E-state index >= 15 is 0 Å². The van der Waals surface area contributed by atoms with Gasteiger partial charge in [-0.15, -0.1) is 0 Å². The van der Waals surface area contributed by atoms with E-state index < -0.39 is 0 Å². The lowest BCUT2D eigenvalue weighted by molar-refractivity contribution is 0.668. The van der Waals surface area contributed by atoms with Crippen molar-refractivity contribution in [3.8, 4) is 22.3 Å². The Balaban J connectivity index is 1.17. The van der Waals surface area contributed by atoms with Gasteiger partial charge in [0.2, 0.25) is 0 Å². The Labute approximate surface area is 282 Å². The number of benzene rings is 8. The van der Waals surface area contributed by atoms with Crippen LogP contribution in [0.4, 0.5) is 17.1 Å². The first-order chi connectivity index (χ1) is 24.3. The van der Waals surface area contributed by atoms with Crippen LogP contribution in [0.2, 0.25) is 0 Å². The SMILES string of the molecule is c1ccc(N(c2ccc(-c3ccc4ccccc4c3)cc2)c2cccc3c2oc2ccccc23)c(-c2ccc3c(c2)oc2ccccc23)c1. The summed E-state index contributed by atoms with van der Waals surface area (Å²) in [5.41, 5.74) is 11.1. The molecule has 0 aliphatic heterocycles. The van der Waals surface area contributed by atoms with E-state index in [-0.39, 0.29) is 0 Å². The van der Waals surface area contributed by atoms with E-state index in [1.165, 1.54) is 21.9 Å². The summed E-state index contributed by atoms with van der Waals surface area (Å²) < 4.78 is 13.0. The topological polar surface area (TPSA) is 29.5 Å². The van der Waals surface area contributed by atoms with Gasteiger partial charge in [-0.05, 0) is 82.1 Å². The van der Waals surface area contributed by atoms with E-state index in [4.69, 9.17) is 8.83 Å². The highest BCUT2D eigenvalue weighted by Gasteiger charge is 2.22. The van der Waals surface area contributed by atoms with Crippen molar-refractivity contribution in [3.63, 3.8) is 0 Å². The van der Waals surface area contributed by atoms with Gasteiger partial charge in [0.15, 0.2) is 5.58 Å². The fraction of sp³-hybridized carbons (Fsp3) is 0. The van der Waals surface area contributed by atoms with Crippen LogP contribution < -0.4 is 4.90 Å². The van der Waals surface area contributed by atoms with E-state index in [2.05, 4.69) is 157 Å². The number of anilines is 3. The fourth-order valence-electron chi connectivity index (χ4n) is 7.29. The Morgan fingerprint density at radius 3 is 1.82 bits per heavy atom. The molecule has 8 aromatic carbocycles. The van der Waals surface area contributed by atoms with E-state index in [0.717, 1.165) is 72.1 Å². The van der Waals surface area contributed by atoms with Crippen LogP contribution >= 0.6 is 0 Å². The van der Waals surface area contributed by atoms with Crippen molar-refractivity contribution in [1.82, 2.24) is 0 Å². The molecule has 0 spiro atoms. The third kappa shape index (κ3) is 4.51. The highest BCUT2D eigenvalue weighted by Crippen LogP contribution is 2.46. The van der Waals surface area contributed by atoms with Gasteiger partial charge in [0.1, 0.15) is 16.7 Å². The minimum absolute atomic E-state index is 0.852. The van der Waals surface area contributed by atoms with E-state index in [0.29, 0.717) is 0 Å². The monoisotopic (exact) mass is 627 g/mol. The molecule has 0 atom stereocenters. The first-order valence-corrected chi connectivity index (χ1v) is 16.6. The summed E-state index contributed by atoms with van der Waals surface area (Å²) in [7, 11) is 0. The number of furan rings is 2. The minimum atomic E-state index is 0.852. The maximum absolute atomic E-state index is 6.62. The van der Waals surface area contributed by atoms with Gasteiger partial charge in [-0.1, -0.05) is 121 Å². The lowest BCUT2D eigenvalue weighted by Gasteiger charge is -2.28. The molecule has 0 saturated carbocycles. The molecule has 0 fully saturated rings. The molecule has 0 unspecified atom stereocenters. The molecular formula is C46H29NO2. The molecule has 3 heteroatoms. The predicted molar refractivity (Wildman–Crippen MR) is 204 cm³/mol. The Bertz CT molecular complexity index is 2840. The maximum atomic E-state index is 6.62. The highest BCUT2D eigenvalue weighted by molar-refractivity contribution is 6.11. The molecule has 3 nitrogen and oxygen atoms in total. The summed E-state index contributed by atoms with van der Waals surface area (Å²) in [5, 5.41) is 6.91. The molecule has 49 heavy (non-hydrogen) atoms. The summed E-state index contributed by atoms with van der Waals surface area (Å²) >= 11 is 0. The first-order valence-electron chi connectivity index (χ1n) is 16.6. The molecule has 0 amide bonds. The van der Waals surface area contributed by atoms with Gasteiger partial charge in [0.25, 0.3) is 0 Å². The van der Waals surface area contributed by atoms with Crippen molar-refractivity contribution in [1.29, 1.82) is 0 Å². The average molecular weight is 628 g/mol. The third-order valence-electron chi connectivity index (χ3n) is 9.67. The lowest BCUT2D eigenvalue weighted by atomic mass is 9.99. The van der Waals surface area contributed by atoms with Gasteiger partial charge in [-0.3, -0.25) is 0 Å². The van der Waals surface area contributed by atoms with Crippen molar-refractivity contribution in [2.75, 3.05) is 4.90 Å². The quantitative estimate of drug-likeness (QED) is 0.190. The van der Waals surface area contributed by atoms with E-state index in [1.807, 2.05) is 24.3 Å². The van der Waals surface area contributed by atoms with Gasteiger partial charge in [0, 0.05) is 32.8 Å². The van der Waals surface area contributed by atoms with Gasteiger partial charge in [-0.2, -0.15) is 0 Å². The van der Waals surface area contributed by atoms with Crippen LogP contribution in [0.3, 0.4) is 0 Å². The first kappa shape index (κ1) is 27.5. The number of hydrogen-bond donors (Lipinski definition) is 0. The molecule has 0 bridgehead atoms. The van der Waals surface area contributed by atoms with Crippen molar-refractivity contribution in [3.05, 3.63) is 176 Å². The molecule has 10 rings (SSSR count). The summed E-state index contributed by atoms with van der Waals surface area (Å²) in [6.45, 7) is 0. The molecule has 2 heterocycles. The van der Waals surface area contributed by atoms with Gasteiger partial charge >= 0.3 is 0 Å². The predicted octanol–water partition coefficient (Wildman–Crippen LogP) is 13.4. The molecule has 230 valence electrons. The number of fused-ring (bicyclic) bond motifs is 7. The zero-order valence-corrected chi connectivity index (χ0v) is 26.5. The van der Waals surface area contributed by atoms with Crippen molar-refractivity contribution in [2.45, 2.75) is 0 Å². The van der Waals surface area contributed by atoms with Crippen LogP contribution in [-0.4, -0.2) is 0 Å². The Morgan fingerprint density at radius 1 is 0.347 bits per heavy atom. The van der Waals surface area contributed by atoms with Crippen LogP contribution in [0.15, 0.2) is 185 Å². The van der Waals surface area contributed by atoms with Crippen molar-refractivity contribution < 1.29 is 8.83 Å². The zero-order valence-electron chi connectivity index (χ0n) is 26.5. The molecule has 0 saturated heterocycles. The number of rotatable bonds is 5. The second kappa shape index (κ2) is 11.0. The Kier molecular flexibility index (Phi) is 6.18. The van der Waals surface area contributed by atoms with Crippen LogP contribution in [0.25, 0.3) is 76.9 Å². The molecule has 0 radical (unpaired) electrons. The standard InChI is InChI=1S/C46H29NO2/c1-2-11-32-28-33(21-20-30(32)10-1)31-22-25-35(26-23-31)47(42-17-9-15-40-38-14-5-8-19-44(38)49-46(40)42)41-16-6-3-12-36(41)34-24-27-39-37-13-4-7-18-43(37)48-45(39)29-34/h1-29H. The number of nitrogens with zero attached hydrogens (tertiary/aromatic N) is 1. The van der Waals surface area contributed by atoms with Crippen LogP contribution in [0, 0.1) is 0 Å². The van der Waals surface area contributed by atoms with Crippen LogP contribution in [0.5, 0.6) is 0 Å². The van der Waals surface area contributed by atoms with Gasteiger partial charge in [0.05, 0.1) is 11.4 Å². The number of para-hydroxylation sites is 4. The molecule has 0 N–H and O–H groups in total.